The second-order valence-electron chi connectivity index (χ2n) is 8.19. The molecule has 0 spiro atoms. The van der Waals surface area contributed by atoms with E-state index in [0.29, 0.717) is 30.9 Å². The lowest BCUT2D eigenvalue weighted by atomic mass is 10.1. The van der Waals surface area contributed by atoms with E-state index in [2.05, 4.69) is 25.3 Å². The molecule has 35 heavy (non-hydrogen) atoms. The Morgan fingerprint density at radius 3 is 2.80 bits per heavy atom. The quantitative estimate of drug-likeness (QED) is 0.399. The molecule has 1 aliphatic heterocycles. The zero-order valence-corrected chi connectivity index (χ0v) is 19.1. The molecular formula is C23H17F2N7O2S. The van der Waals surface area contributed by atoms with Gasteiger partial charge in [0.2, 0.25) is 0 Å². The number of thiazole rings is 1. The number of carbonyl (C=O) groups is 1. The van der Waals surface area contributed by atoms with Crippen LogP contribution in [0.1, 0.15) is 26.6 Å². The van der Waals surface area contributed by atoms with E-state index in [1.165, 1.54) is 0 Å². The Hall–Kier alpha value is -4.03. The van der Waals surface area contributed by atoms with Crippen molar-refractivity contribution in [2.75, 3.05) is 7.05 Å². The third-order valence-electron chi connectivity index (χ3n) is 5.99. The number of nitrogens with zero attached hydrogens (tertiary/aromatic N) is 5. The lowest BCUT2D eigenvalue weighted by molar-refractivity contribution is 0.0958. The molecule has 12 heteroatoms. The fourth-order valence-electron chi connectivity index (χ4n) is 4.28. The van der Waals surface area contributed by atoms with Crippen LogP contribution in [0.5, 0.6) is 0 Å². The van der Waals surface area contributed by atoms with E-state index in [-0.39, 0.29) is 22.5 Å². The number of H-pyrrole nitrogens is 1. The maximum Gasteiger partial charge on any atom is 0.277 e. The molecule has 1 aliphatic rings. The highest BCUT2D eigenvalue weighted by Crippen LogP contribution is 2.34. The number of pyridine rings is 1. The average Bonchev–Trinajstić information content (AvgIpc) is 3.54. The van der Waals surface area contributed by atoms with E-state index in [0.717, 1.165) is 31.9 Å². The summed E-state index contributed by atoms with van der Waals surface area (Å²) in [6, 6.07) is 6.73. The standard InChI is InChI=1S/C23H17F2N7O2S/c1-26-21(33)14-4-2-11(6-27-14)23-29-15-9-31(10-17(15)35-23)8-12-3-5-16-19(18(12)25)30-22(34)20-13(24)7-28-32(16)20/h2-7H,8-10H2,1H3,(H,26,33)(H,30,34). The van der Waals surface area contributed by atoms with E-state index in [9.17, 15) is 14.0 Å². The summed E-state index contributed by atoms with van der Waals surface area (Å²) in [4.78, 5) is 38.4. The molecule has 6 rings (SSSR count). The normalized spacial score (nSPS) is 13.6. The number of benzene rings is 1. The summed E-state index contributed by atoms with van der Waals surface area (Å²) in [7, 11) is 1.55. The lowest BCUT2D eigenvalue weighted by Crippen LogP contribution is -2.19. The summed E-state index contributed by atoms with van der Waals surface area (Å²) >= 11 is 1.54. The van der Waals surface area contributed by atoms with Gasteiger partial charge in [0.1, 0.15) is 16.2 Å². The maximum absolute atomic E-state index is 15.3. The number of amides is 1. The van der Waals surface area contributed by atoms with Crippen molar-refractivity contribution in [3.63, 3.8) is 0 Å². The van der Waals surface area contributed by atoms with Crippen molar-refractivity contribution in [1.29, 1.82) is 0 Å². The Labute approximate surface area is 200 Å². The van der Waals surface area contributed by atoms with Gasteiger partial charge in [0.05, 0.1) is 17.4 Å². The molecule has 176 valence electrons. The smallest absolute Gasteiger partial charge is 0.277 e. The largest absolute Gasteiger partial charge is 0.354 e. The third kappa shape index (κ3) is 3.49. The molecule has 0 radical (unpaired) electrons. The Kier molecular flexibility index (Phi) is 4.93. The molecule has 1 amide bonds. The highest BCUT2D eigenvalue weighted by molar-refractivity contribution is 7.15. The van der Waals surface area contributed by atoms with Crippen molar-refractivity contribution in [1.82, 2.24) is 34.8 Å². The van der Waals surface area contributed by atoms with Gasteiger partial charge in [-0.05, 0) is 18.2 Å². The van der Waals surface area contributed by atoms with Gasteiger partial charge in [-0.25, -0.2) is 18.3 Å². The first-order valence-corrected chi connectivity index (χ1v) is 11.5. The maximum atomic E-state index is 15.3. The SMILES string of the molecule is CNC(=O)c1ccc(-c2nc3c(s2)CN(Cc2ccc4c([nH]c(=O)c5c(F)cnn54)c2F)C3)cn1. The van der Waals surface area contributed by atoms with Crippen LogP contribution < -0.4 is 10.9 Å². The number of carbonyl (C=O) groups excluding carboxylic acids is 1. The van der Waals surface area contributed by atoms with Gasteiger partial charge in [-0.1, -0.05) is 6.07 Å². The van der Waals surface area contributed by atoms with Crippen LogP contribution >= 0.6 is 11.3 Å². The Balaban J connectivity index is 1.23. The lowest BCUT2D eigenvalue weighted by Gasteiger charge is -2.16. The highest BCUT2D eigenvalue weighted by Gasteiger charge is 2.26. The molecular weight excluding hydrogens is 476 g/mol. The molecule has 0 bridgehead atoms. The van der Waals surface area contributed by atoms with Crippen molar-refractivity contribution in [3.05, 3.63) is 80.5 Å². The summed E-state index contributed by atoms with van der Waals surface area (Å²) in [6.45, 7) is 1.47. The van der Waals surface area contributed by atoms with Crippen LogP contribution in [0.3, 0.4) is 0 Å². The number of hydrogen-bond donors (Lipinski definition) is 2. The van der Waals surface area contributed by atoms with Gasteiger partial charge < -0.3 is 10.3 Å². The minimum Gasteiger partial charge on any atom is -0.354 e. The molecule has 0 unspecified atom stereocenters. The topological polar surface area (TPSA) is 108 Å². The van der Waals surface area contributed by atoms with E-state index in [4.69, 9.17) is 4.98 Å². The number of aromatic nitrogens is 5. The van der Waals surface area contributed by atoms with Gasteiger partial charge in [0, 0.05) is 48.9 Å². The fourth-order valence-corrected chi connectivity index (χ4v) is 5.38. The van der Waals surface area contributed by atoms with Crippen LogP contribution in [0.15, 0.2) is 41.5 Å². The molecule has 9 nitrogen and oxygen atoms in total. The van der Waals surface area contributed by atoms with Gasteiger partial charge in [-0.15, -0.1) is 11.3 Å². The molecule has 5 heterocycles. The van der Waals surface area contributed by atoms with Crippen LogP contribution in [0.25, 0.3) is 27.1 Å². The van der Waals surface area contributed by atoms with E-state index >= 15 is 4.39 Å². The minimum atomic E-state index is -0.758. The van der Waals surface area contributed by atoms with Crippen LogP contribution in [-0.4, -0.2) is 42.4 Å². The van der Waals surface area contributed by atoms with Crippen LogP contribution in [-0.2, 0) is 19.6 Å². The summed E-state index contributed by atoms with van der Waals surface area (Å²) in [5.74, 6) is -1.57. The van der Waals surface area contributed by atoms with Crippen LogP contribution in [0, 0.1) is 11.6 Å². The third-order valence-corrected chi connectivity index (χ3v) is 7.12. The van der Waals surface area contributed by atoms with Crippen molar-refractivity contribution in [2.45, 2.75) is 19.6 Å². The van der Waals surface area contributed by atoms with Crippen molar-refractivity contribution >= 4 is 33.8 Å². The van der Waals surface area contributed by atoms with Crippen LogP contribution in [0.2, 0.25) is 0 Å². The van der Waals surface area contributed by atoms with Crippen molar-refractivity contribution in [3.8, 4) is 10.6 Å². The zero-order valence-electron chi connectivity index (χ0n) is 18.3. The van der Waals surface area contributed by atoms with Crippen molar-refractivity contribution < 1.29 is 13.6 Å². The molecule has 0 saturated carbocycles. The molecule has 0 saturated heterocycles. The molecule has 0 atom stereocenters. The predicted molar refractivity (Wildman–Crippen MR) is 125 cm³/mol. The molecule has 2 N–H and O–H groups in total. The Morgan fingerprint density at radius 2 is 2.06 bits per heavy atom. The second kappa shape index (κ2) is 8.03. The molecule has 1 aromatic carbocycles. The first-order chi connectivity index (χ1) is 16.9. The number of fused-ring (bicyclic) bond motifs is 4. The number of aromatic amines is 1. The summed E-state index contributed by atoms with van der Waals surface area (Å²) in [6.07, 6.45) is 2.57. The summed E-state index contributed by atoms with van der Waals surface area (Å²) in [5, 5.41) is 7.22. The molecule has 0 aliphatic carbocycles. The minimum absolute atomic E-state index is 0.00909. The number of nitrogens with one attached hydrogen (secondary N) is 2. The Morgan fingerprint density at radius 1 is 1.20 bits per heavy atom. The predicted octanol–water partition coefficient (Wildman–Crippen LogP) is 2.85. The van der Waals surface area contributed by atoms with E-state index < -0.39 is 17.2 Å². The van der Waals surface area contributed by atoms with Gasteiger partial charge in [0.25, 0.3) is 11.5 Å². The van der Waals surface area contributed by atoms with Gasteiger partial charge in [-0.2, -0.15) is 5.10 Å². The average molecular weight is 493 g/mol. The van der Waals surface area contributed by atoms with Gasteiger partial charge in [0.15, 0.2) is 17.2 Å². The summed E-state index contributed by atoms with van der Waals surface area (Å²) in [5.41, 5.74) is 1.79. The highest BCUT2D eigenvalue weighted by atomic mass is 32.1. The molecule has 5 aromatic rings. The van der Waals surface area contributed by atoms with E-state index in [1.54, 1.807) is 42.8 Å². The second-order valence-corrected chi connectivity index (χ2v) is 9.27. The first kappa shape index (κ1) is 21.5. The van der Waals surface area contributed by atoms with Gasteiger partial charge in [-0.3, -0.25) is 19.5 Å². The summed E-state index contributed by atoms with van der Waals surface area (Å²) < 4.78 is 30.3. The van der Waals surface area contributed by atoms with Gasteiger partial charge >= 0.3 is 0 Å². The molecule has 4 aromatic heterocycles. The fraction of sp³-hybridized carbons (Fsp3) is 0.174. The monoisotopic (exact) mass is 493 g/mol. The van der Waals surface area contributed by atoms with E-state index in [1.807, 2.05) is 6.07 Å². The van der Waals surface area contributed by atoms with Crippen molar-refractivity contribution in [2.24, 2.45) is 0 Å². The molecule has 0 fully saturated rings. The number of halogens is 2. The van der Waals surface area contributed by atoms with Crippen LogP contribution in [0.4, 0.5) is 8.78 Å². The number of rotatable bonds is 4. The zero-order chi connectivity index (χ0) is 24.3. The number of hydrogen-bond acceptors (Lipinski definition) is 7. The Bertz CT molecular complexity index is 1670. The first-order valence-electron chi connectivity index (χ1n) is 10.7.